The summed E-state index contributed by atoms with van der Waals surface area (Å²) in [5, 5.41) is 3.49. The van der Waals surface area contributed by atoms with Crippen molar-refractivity contribution in [2.75, 3.05) is 27.4 Å². The van der Waals surface area contributed by atoms with Gasteiger partial charge >= 0.3 is 5.97 Å². The molecule has 5 nitrogen and oxygen atoms in total. The van der Waals surface area contributed by atoms with Crippen LogP contribution in [0.4, 0.5) is 0 Å². The summed E-state index contributed by atoms with van der Waals surface area (Å²) in [6.45, 7) is 1.01. The lowest BCUT2D eigenvalue weighted by Crippen LogP contribution is -2.62. The van der Waals surface area contributed by atoms with Gasteiger partial charge in [-0.05, 0) is 35.7 Å². The van der Waals surface area contributed by atoms with Gasteiger partial charge in [0.1, 0.15) is 11.8 Å². The highest BCUT2D eigenvalue weighted by Gasteiger charge is 2.43. The molecule has 0 amide bonds. The van der Waals surface area contributed by atoms with Crippen molar-refractivity contribution >= 4 is 21.9 Å². The van der Waals surface area contributed by atoms with Gasteiger partial charge in [-0.25, -0.2) is 0 Å². The van der Waals surface area contributed by atoms with Crippen molar-refractivity contribution in [2.45, 2.75) is 18.0 Å². The Morgan fingerprint density at radius 3 is 2.42 bits per heavy atom. The molecule has 0 aromatic heterocycles. The third-order valence-corrected chi connectivity index (χ3v) is 5.43. The smallest absolute Gasteiger partial charge is 0.323 e. The minimum atomic E-state index is -0.482. The van der Waals surface area contributed by atoms with E-state index >= 15 is 0 Å². The van der Waals surface area contributed by atoms with E-state index in [1.165, 1.54) is 7.11 Å². The summed E-state index contributed by atoms with van der Waals surface area (Å²) in [5.41, 5.74) is 1.69. The van der Waals surface area contributed by atoms with Crippen LogP contribution in [0.2, 0.25) is 0 Å². The zero-order chi connectivity index (χ0) is 18.6. The number of rotatable bonds is 7. The van der Waals surface area contributed by atoms with Gasteiger partial charge in [-0.1, -0.05) is 46.3 Å². The van der Waals surface area contributed by atoms with Crippen LogP contribution in [0, 0.1) is 0 Å². The highest BCUT2D eigenvalue weighted by Crippen LogP contribution is 2.32. The van der Waals surface area contributed by atoms with E-state index in [1.807, 2.05) is 48.5 Å². The first-order chi connectivity index (χ1) is 12.6. The van der Waals surface area contributed by atoms with Crippen LogP contribution < -0.4 is 10.1 Å². The number of methoxy groups -OCH3 is 2. The highest BCUT2D eigenvalue weighted by molar-refractivity contribution is 9.10. The lowest BCUT2D eigenvalue weighted by Gasteiger charge is -2.44. The summed E-state index contributed by atoms with van der Waals surface area (Å²) in [6, 6.07) is 15.2. The molecule has 1 fully saturated rings. The molecule has 1 atom stereocenters. The second-order valence-corrected chi connectivity index (χ2v) is 7.17. The first-order valence-corrected chi connectivity index (χ1v) is 9.18. The number of halogens is 1. The van der Waals surface area contributed by atoms with Crippen LogP contribution in [0.3, 0.4) is 0 Å². The van der Waals surface area contributed by atoms with Crippen molar-refractivity contribution in [1.82, 2.24) is 5.32 Å². The van der Waals surface area contributed by atoms with E-state index in [4.69, 9.17) is 14.2 Å². The maximum absolute atomic E-state index is 12.4. The molecule has 3 rings (SSSR count). The summed E-state index contributed by atoms with van der Waals surface area (Å²) in [5.74, 6) is 0.502. The second kappa shape index (κ2) is 8.20. The molecule has 6 heteroatoms. The fourth-order valence-corrected chi connectivity index (χ4v) is 3.55. The normalized spacial score (nSPS) is 16.4. The molecule has 0 spiro atoms. The predicted octanol–water partition coefficient (Wildman–Crippen LogP) is 3.06. The molecule has 1 aliphatic heterocycles. The van der Waals surface area contributed by atoms with Gasteiger partial charge in [0, 0.05) is 4.47 Å². The zero-order valence-electron chi connectivity index (χ0n) is 14.8. The van der Waals surface area contributed by atoms with E-state index in [0.717, 1.165) is 21.3 Å². The van der Waals surface area contributed by atoms with Gasteiger partial charge < -0.3 is 14.2 Å². The van der Waals surface area contributed by atoms with Crippen molar-refractivity contribution in [3.05, 3.63) is 64.1 Å². The van der Waals surface area contributed by atoms with Crippen LogP contribution in [0.25, 0.3) is 0 Å². The number of esters is 1. The Labute approximate surface area is 161 Å². The number of ether oxygens (including phenoxy) is 3. The molecular formula is C20H22BrNO4. The second-order valence-electron chi connectivity index (χ2n) is 6.32. The number of carbonyl (C=O) groups excluding carboxylic acids is 1. The Hall–Kier alpha value is -1.89. The van der Waals surface area contributed by atoms with Crippen LogP contribution >= 0.6 is 15.9 Å². The van der Waals surface area contributed by atoms with Crippen molar-refractivity contribution in [3.8, 4) is 5.75 Å². The van der Waals surface area contributed by atoms with Gasteiger partial charge in [-0.2, -0.15) is 0 Å². The molecule has 0 bridgehead atoms. The van der Waals surface area contributed by atoms with Crippen molar-refractivity contribution < 1.29 is 19.0 Å². The summed E-state index contributed by atoms with van der Waals surface area (Å²) >= 11 is 3.55. The molecule has 1 N–H and O–H groups in total. The molecule has 0 radical (unpaired) electrons. The molecule has 1 saturated heterocycles. The van der Waals surface area contributed by atoms with E-state index < -0.39 is 11.6 Å². The lowest BCUT2D eigenvalue weighted by atomic mass is 9.86. The number of hydrogen-bond donors (Lipinski definition) is 1. The first kappa shape index (κ1) is 18.9. The summed E-state index contributed by atoms with van der Waals surface area (Å²) in [7, 11) is 3.05. The SMILES string of the molecule is COC(=O)C(Cc1ccccc1Br)NC1(c2ccc(OC)cc2)COC1. The van der Waals surface area contributed by atoms with Gasteiger partial charge in [0.2, 0.25) is 0 Å². The average Bonchev–Trinajstić information content (AvgIpc) is 2.64. The molecule has 2 aromatic carbocycles. The number of benzene rings is 2. The number of hydrogen-bond acceptors (Lipinski definition) is 5. The number of nitrogens with one attached hydrogen (secondary N) is 1. The van der Waals surface area contributed by atoms with Crippen molar-refractivity contribution in [3.63, 3.8) is 0 Å². The molecule has 26 heavy (non-hydrogen) atoms. The average molecular weight is 420 g/mol. The van der Waals surface area contributed by atoms with Gasteiger partial charge in [0.15, 0.2) is 0 Å². The van der Waals surface area contributed by atoms with Crippen LogP contribution in [0.5, 0.6) is 5.75 Å². The van der Waals surface area contributed by atoms with Crippen molar-refractivity contribution in [1.29, 1.82) is 0 Å². The van der Waals surface area contributed by atoms with Gasteiger partial charge in [-0.3, -0.25) is 10.1 Å². The lowest BCUT2D eigenvalue weighted by molar-refractivity contribution is -0.147. The zero-order valence-corrected chi connectivity index (χ0v) is 16.4. The third kappa shape index (κ3) is 3.92. The molecule has 1 aliphatic rings. The molecular weight excluding hydrogens is 398 g/mol. The molecule has 138 valence electrons. The fourth-order valence-electron chi connectivity index (χ4n) is 3.10. The fraction of sp³-hybridized carbons (Fsp3) is 0.350. The summed E-state index contributed by atoms with van der Waals surface area (Å²) < 4.78 is 16.7. The van der Waals surface area contributed by atoms with Crippen LogP contribution in [-0.2, 0) is 26.2 Å². The van der Waals surface area contributed by atoms with E-state index in [2.05, 4.69) is 21.2 Å². The van der Waals surface area contributed by atoms with E-state index in [-0.39, 0.29) is 5.97 Å². The molecule has 0 aliphatic carbocycles. The first-order valence-electron chi connectivity index (χ1n) is 8.39. The van der Waals surface area contributed by atoms with Crippen LogP contribution in [0.15, 0.2) is 53.0 Å². The molecule has 1 heterocycles. The standard InChI is InChI=1S/C20H22BrNO4/c1-24-16-9-7-15(8-10-16)20(12-26-13-20)22-18(19(23)25-2)11-14-5-3-4-6-17(14)21/h3-10,18,22H,11-13H2,1-2H3. The molecule has 1 unspecified atom stereocenters. The largest absolute Gasteiger partial charge is 0.497 e. The topological polar surface area (TPSA) is 56.8 Å². The maximum atomic E-state index is 12.4. The Balaban J connectivity index is 1.84. The number of carbonyl (C=O) groups is 1. The van der Waals surface area contributed by atoms with Gasteiger partial charge in [0.05, 0.1) is 33.0 Å². The molecule has 0 saturated carbocycles. The highest BCUT2D eigenvalue weighted by atomic mass is 79.9. The Bertz CT molecular complexity index is 759. The van der Waals surface area contributed by atoms with E-state index in [9.17, 15) is 4.79 Å². The monoisotopic (exact) mass is 419 g/mol. The van der Waals surface area contributed by atoms with Gasteiger partial charge in [-0.15, -0.1) is 0 Å². The maximum Gasteiger partial charge on any atom is 0.323 e. The summed E-state index contributed by atoms with van der Waals surface area (Å²) in [6.07, 6.45) is 0.520. The third-order valence-electron chi connectivity index (χ3n) is 4.66. The Morgan fingerprint density at radius 2 is 1.88 bits per heavy atom. The van der Waals surface area contributed by atoms with Crippen molar-refractivity contribution in [2.24, 2.45) is 0 Å². The van der Waals surface area contributed by atoms with Crippen LogP contribution in [-0.4, -0.2) is 39.4 Å². The Morgan fingerprint density at radius 1 is 1.19 bits per heavy atom. The minimum absolute atomic E-state index is 0.291. The van der Waals surface area contributed by atoms with Gasteiger partial charge in [0.25, 0.3) is 0 Å². The van der Waals surface area contributed by atoms with E-state index in [1.54, 1.807) is 7.11 Å². The Kier molecular flexibility index (Phi) is 5.96. The predicted molar refractivity (Wildman–Crippen MR) is 102 cm³/mol. The quantitative estimate of drug-likeness (QED) is 0.698. The molecule has 2 aromatic rings. The summed E-state index contributed by atoms with van der Waals surface area (Å²) in [4.78, 5) is 12.4. The van der Waals surface area contributed by atoms with E-state index in [0.29, 0.717) is 19.6 Å². The van der Waals surface area contributed by atoms with Crippen LogP contribution in [0.1, 0.15) is 11.1 Å². The minimum Gasteiger partial charge on any atom is -0.497 e.